The van der Waals surface area contributed by atoms with Crippen LogP contribution in [0.1, 0.15) is 4.88 Å². The van der Waals surface area contributed by atoms with Gasteiger partial charge in [0.15, 0.2) is 6.61 Å². The molecule has 0 aliphatic heterocycles. The van der Waals surface area contributed by atoms with Gasteiger partial charge in [-0.25, -0.2) is 0 Å². The van der Waals surface area contributed by atoms with Gasteiger partial charge in [0.25, 0.3) is 11.6 Å². The lowest BCUT2D eigenvalue weighted by molar-refractivity contribution is -0.385. The van der Waals surface area contributed by atoms with Crippen LogP contribution < -0.4 is 5.32 Å². The average molecular weight is 478 g/mol. The zero-order valence-electron chi connectivity index (χ0n) is 12.0. The number of esters is 1. The van der Waals surface area contributed by atoms with Crippen LogP contribution in [0.4, 0.5) is 11.4 Å². The molecule has 1 aromatic heterocycles. The largest absolute Gasteiger partial charge is 0.455 e. The summed E-state index contributed by atoms with van der Waals surface area (Å²) >= 11 is 7.75. The number of nitro groups is 1. The number of hydrogen-bond acceptors (Lipinski definition) is 6. The standard InChI is InChI=1S/C14H10Br2N2O5S/c15-10-4-8(18(21)22)5-11(16)14(10)17-12(19)7-23-13(20)6-9-2-1-3-24-9/h1-5H,6-7H2,(H,17,19). The van der Waals surface area contributed by atoms with Crippen molar-refractivity contribution in [3.63, 3.8) is 0 Å². The van der Waals surface area contributed by atoms with E-state index in [1.165, 1.54) is 23.5 Å². The SMILES string of the molecule is O=C(COC(=O)Cc1cccs1)Nc1c(Br)cc([N+](=O)[O-])cc1Br. The van der Waals surface area contributed by atoms with Crippen LogP contribution in [0, 0.1) is 10.1 Å². The predicted octanol–water partition coefficient (Wildman–Crippen LogP) is 3.91. The highest BCUT2D eigenvalue weighted by atomic mass is 79.9. The minimum absolute atomic E-state index is 0.107. The Labute approximate surface area is 157 Å². The number of carbonyl (C=O) groups excluding carboxylic acids is 2. The molecule has 7 nitrogen and oxygen atoms in total. The van der Waals surface area contributed by atoms with E-state index in [-0.39, 0.29) is 12.1 Å². The molecule has 0 radical (unpaired) electrons. The first-order chi connectivity index (χ1) is 11.4. The molecule has 2 aromatic rings. The molecule has 0 atom stereocenters. The number of nitrogens with zero attached hydrogens (tertiary/aromatic N) is 1. The van der Waals surface area contributed by atoms with E-state index in [4.69, 9.17) is 4.74 Å². The van der Waals surface area contributed by atoms with Gasteiger partial charge >= 0.3 is 5.97 Å². The van der Waals surface area contributed by atoms with Gasteiger partial charge in [-0.15, -0.1) is 11.3 Å². The number of amides is 1. The molecule has 1 heterocycles. The van der Waals surface area contributed by atoms with Crippen molar-refractivity contribution < 1.29 is 19.2 Å². The lowest BCUT2D eigenvalue weighted by Gasteiger charge is -2.10. The quantitative estimate of drug-likeness (QED) is 0.386. The third-order valence-electron chi connectivity index (χ3n) is 2.77. The molecule has 0 unspecified atom stereocenters. The topological polar surface area (TPSA) is 98.5 Å². The number of halogens is 2. The molecule has 0 saturated heterocycles. The number of nitrogens with one attached hydrogen (secondary N) is 1. The van der Waals surface area contributed by atoms with E-state index in [1.807, 2.05) is 11.4 Å². The second-order valence-corrected chi connectivity index (χ2v) is 7.25. The Morgan fingerprint density at radius 2 is 1.96 bits per heavy atom. The molecule has 0 fully saturated rings. The average Bonchev–Trinajstić information content (AvgIpc) is 3.01. The Morgan fingerprint density at radius 3 is 2.50 bits per heavy atom. The molecular weight excluding hydrogens is 468 g/mol. The third-order valence-corrected chi connectivity index (χ3v) is 4.89. The summed E-state index contributed by atoms with van der Waals surface area (Å²) in [6.07, 6.45) is 0.107. The van der Waals surface area contributed by atoms with Gasteiger partial charge in [0.05, 0.1) is 17.0 Å². The second kappa shape index (κ2) is 8.36. The van der Waals surface area contributed by atoms with Gasteiger partial charge in [0.1, 0.15) is 0 Å². The molecule has 10 heteroatoms. The van der Waals surface area contributed by atoms with Gasteiger partial charge in [-0.3, -0.25) is 19.7 Å². The first kappa shape index (κ1) is 18.6. The van der Waals surface area contributed by atoms with Crippen molar-refractivity contribution in [2.75, 3.05) is 11.9 Å². The van der Waals surface area contributed by atoms with Crippen molar-refractivity contribution in [2.45, 2.75) is 6.42 Å². The third kappa shape index (κ3) is 5.11. The molecular formula is C14H10Br2N2O5S. The van der Waals surface area contributed by atoms with Crippen LogP contribution in [0.25, 0.3) is 0 Å². The van der Waals surface area contributed by atoms with E-state index in [0.29, 0.717) is 14.6 Å². The van der Waals surface area contributed by atoms with Crippen LogP contribution in [0.15, 0.2) is 38.6 Å². The van der Waals surface area contributed by atoms with Gasteiger partial charge in [-0.05, 0) is 43.3 Å². The van der Waals surface area contributed by atoms with E-state index >= 15 is 0 Å². The summed E-state index contributed by atoms with van der Waals surface area (Å²) < 4.78 is 5.58. The van der Waals surface area contributed by atoms with Crippen molar-refractivity contribution in [3.8, 4) is 0 Å². The maximum Gasteiger partial charge on any atom is 0.311 e. The van der Waals surface area contributed by atoms with Crippen molar-refractivity contribution >= 4 is 66.4 Å². The molecule has 1 N–H and O–H groups in total. The molecule has 24 heavy (non-hydrogen) atoms. The molecule has 1 amide bonds. The number of thiophene rings is 1. The van der Waals surface area contributed by atoms with Crippen LogP contribution in [0.2, 0.25) is 0 Å². The van der Waals surface area contributed by atoms with E-state index in [2.05, 4.69) is 37.2 Å². The fourth-order valence-corrected chi connectivity index (χ4v) is 3.76. The maximum atomic E-state index is 11.9. The molecule has 126 valence electrons. The summed E-state index contributed by atoms with van der Waals surface area (Å²) in [5.74, 6) is -1.06. The van der Waals surface area contributed by atoms with Crippen molar-refractivity contribution in [1.29, 1.82) is 0 Å². The van der Waals surface area contributed by atoms with Crippen molar-refractivity contribution in [1.82, 2.24) is 0 Å². The summed E-state index contributed by atoms with van der Waals surface area (Å²) in [6, 6.07) is 6.16. The number of nitro benzene ring substituents is 1. The Balaban J connectivity index is 1.92. The molecule has 0 aliphatic rings. The highest BCUT2D eigenvalue weighted by molar-refractivity contribution is 9.11. The Bertz CT molecular complexity index is 756. The Morgan fingerprint density at radius 1 is 1.29 bits per heavy atom. The second-order valence-electron chi connectivity index (χ2n) is 4.51. The number of benzene rings is 1. The predicted molar refractivity (Wildman–Crippen MR) is 96.1 cm³/mol. The highest BCUT2D eigenvalue weighted by Gasteiger charge is 2.17. The van der Waals surface area contributed by atoms with Gasteiger partial charge in [-0.2, -0.15) is 0 Å². The normalized spacial score (nSPS) is 10.2. The van der Waals surface area contributed by atoms with E-state index in [9.17, 15) is 19.7 Å². The van der Waals surface area contributed by atoms with Gasteiger partial charge < -0.3 is 10.1 Å². The van der Waals surface area contributed by atoms with E-state index in [1.54, 1.807) is 6.07 Å². The highest BCUT2D eigenvalue weighted by Crippen LogP contribution is 2.35. The van der Waals surface area contributed by atoms with Crippen molar-refractivity contribution in [2.24, 2.45) is 0 Å². The van der Waals surface area contributed by atoms with Gasteiger partial charge in [0.2, 0.25) is 0 Å². The molecule has 0 bridgehead atoms. The van der Waals surface area contributed by atoms with Crippen LogP contribution in [0.3, 0.4) is 0 Å². The van der Waals surface area contributed by atoms with Gasteiger partial charge in [-0.1, -0.05) is 6.07 Å². The van der Waals surface area contributed by atoms with Crippen LogP contribution in [0.5, 0.6) is 0 Å². The Kier molecular flexibility index (Phi) is 6.46. The zero-order chi connectivity index (χ0) is 17.7. The zero-order valence-corrected chi connectivity index (χ0v) is 15.9. The molecule has 0 saturated carbocycles. The lowest BCUT2D eigenvalue weighted by atomic mass is 10.3. The molecule has 2 rings (SSSR count). The summed E-state index contributed by atoms with van der Waals surface area (Å²) in [7, 11) is 0. The first-order valence-electron chi connectivity index (χ1n) is 6.48. The number of hydrogen-bond donors (Lipinski definition) is 1. The number of rotatable bonds is 6. The van der Waals surface area contributed by atoms with Crippen LogP contribution in [-0.2, 0) is 20.7 Å². The fraction of sp³-hybridized carbons (Fsp3) is 0.143. The minimum Gasteiger partial charge on any atom is -0.455 e. The smallest absolute Gasteiger partial charge is 0.311 e. The summed E-state index contributed by atoms with van der Waals surface area (Å²) in [5, 5.41) is 15.1. The number of carbonyl (C=O) groups is 2. The summed E-state index contributed by atoms with van der Waals surface area (Å²) in [4.78, 5) is 34.6. The number of anilines is 1. The summed E-state index contributed by atoms with van der Waals surface area (Å²) in [6.45, 7) is -0.444. The number of non-ortho nitro benzene ring substituents is 1. The van der Waals surface area contributed by atoms with E-state index < -0.39 is 23.4 Å². The van der Waals surface area contributed by atoms with Gasteiger partial charge in [0, 0.05) is 26.0 Å². The number of ether oxygens (including phenoxy) is 1. The Hall–Kier alpha value is -1.78. The molecule has 0 aliphatic carbocycles. The first-order valence-corrected chi connectivity index (χ1v) is 8.94. The molecule has 0 spiro atoms. The van der Waals surface area contributed by atoms with E-state index in [0.717, 1.165) is 4.88 Å². The fourth-order valence-electron chi connectivity index (χ4n) is 1.71. The summed E-state index contributed by atoms with van der Waals surface area (Å²) in [5.41, 5.74) is 0.189. The van der Waals surface area contributed by atoms with Crippen LogP contribution in [-0.4, -0.2) is 23.4 Å². The lowest BCUT2D eigenvalue weighted by Crippen LogP contribution is -2.22. The molecule has 1 aromatic carbocycles. The van der Waals surface area contributed by atoms with Crippen molar-refractivity contribution in [3.05, 3.63) is 53.6 Å². The minimum atomic E-state index is -0.551. The van der Waals surface area contributed by atoms with Crippen LogP contribution >= 0.6 is 43.2 Å². The monoisotopic (exact) mass is 476 g/mol. The maximum absolute atomic E-state index is 11.9.